The van der Waals surface area contributed by atoms with Crippen LogP contribution in [-0.4, -0.2) is 21.6 Å². The van der Waals surface area contributed by atoms with Gasteiger partial charge in [0, 0.05) is 9.77 Å². The lowest BCUT2D eigenvalue weighted by Crippen LogP contribution is -2.22. The third kappa shape index (κ3) is 3.68. The second-order valence-electron chi connectivity index (χ2n) is 6.06. The highest BCUT2D eigenvalue weighted by molar-refractivity contribution is 14.1. The maximum atomic E-state index is 13.3. The maximum Gasteiger partial charge on any atom is 0.266 e. The summed E-state index contributed by atoms with van der Waals surface area (Å²) in [6.45, 7) is 0. The summed E-state index contributed by atoms with van der Waals surface area (Å²) in [5, 5.41) is 0.581. The van der Waals surface area contributed by atoms with Gasteiger partial charge in [-0.25, -0.2) is 4.98 Å². The van der Waals surface area contributed by atoms with Gasteiger partial charge in [-0.15, -0.1) is 0 Å². The Kier molecular flexibility index (Phi) is 5.21. The molecule has 0 spiro atoms. The molecule has 0 bridgehead atoms. The first kappa shape index (κ1) is 18.4. The molecule has 5 nitrogen and oxygen atoms in total. The predicted octanol–water partition coefficient (Wildman–Crippen LogP) is 4.56. The minimum atomic E-state index is -0.116. The van der Waals surface area contributed by atoms with Gasteiger partial charge in [0.2, 0.25) is 0 Å². The minimum Gasteiger partial charge on any atom is -0.497 e. The molecule has 138 valence electrons. The third-order valence-corrected chi connectivity index (χ3v) is 4.95. The van der Waals surface area contributed by atoms with Gasteiger partial charge < -0.3 is 4.74 Å². The Morgan fingerprint density at radius 3 is 2.57 bits per heavy atom. The van der Waals surface area contributed by atoms with Crippen molar-refractivity contribution in [3.63, 3.8) is 0 Å². The van der Waals surface area contributed by atoms with E-state index >= 15 is 0 Å². The van der Waals surface area contributed by atoms with E-state index in [-0.39, 0.29) is 5.56 Å². The third-order valence-electron chi connectivity index (χ3n) is 4.28. The molecule has 0 fully saturated rings. The summed E-state index contributed by atoms with van der Waals surface area (Å²) in [6, 6.07) is 18.7. The molecule has 0 N–H and O–H groups in total. The first-order valence-electron chi connectivity index (χ1n) is 8.61. The highest BCUT2D eigenvalue weighted by atomic mass is 127. The number of pyridine rings is 1. The van der Waals surface area contributed by atoms with Crippen LogP contribution in [0.5, 0.6) is 5.75 Å². The first-order valence-corrected chi connectivity index (χ1v) is 9.69. The number of benzene rings is 2. The molecule has 0 radical (unpaired) electrons. The molecule has 6 heteroatoms. The van der Waals surface area contributed by atoms with E-state index in [1.165, 1.54) is 0 Å². The van der Waals surface area contributed by atoms with E-state index < -0.39 is 0 Å². The predicted molar refractivity (Wildman–Crippen MR) is 120 cm³/mol. The molecule has 0 aliphatic rings. The van der Waals surface area contributed by atoms with Crippen LogP contribution in [-0.2, 0) is 0 Å². The number of hydrogen-bond donors (Lipinski definition) is 0. The van der Waals surface area contributed by atoms with Crippen molar-refractivity contribution in [3.8, 4) is 11.4 Å². The molecule has 0 aliphatic heterocycles. The van der Waals surface area contributed by atoms with Gasteiger partial charge in [-0.1, -0.05) is 6.07 Å². The summed E-state index contributed by atoms with van der Waals surface area (Å²) in [7, 11) is 1.61. The highest BCUT2D eigenvalue weighted by Gasteiger charge is 2.12. The van der Waals surface area contributed by atoms with Crippen molar-refractivity contribution in [3.05, 3.63) is 92.3 Å². The molecule has 4 aromatic rings. The van der Waals surface area contributed by atoms with Crippen LogP contribution < -0.4 is 10.3 Å². The van der Waals surface area contributed by atoms with Gasteiger partial charge in [0.05, 0.1) is 29.4 Å². The van der Waals surface area contributed by atoms with E-state index in [2.05, 4.69) is 27.6 Å². The largest absolute Gasteiger partial charge is 0.497 e. The van der Waals surface area contributed by atoms with Crippen LogP contribution in [0.25, 0.3) is 28.7 Å². The van der Waals surface area contributed by atoms with E-state index in [9.17, 15) is 4.79 Å². The van der Waals surface area contributed by atoms with E-state index in [1.807, 2.05) is 72.8 Å². The van der Waals surface area contributed by atoms with Crippen molar-refractivity contribution in [2.45, 2.75) is 0 Å². The molecule has 0 saturated carbocycles. The number of fused-ring (bicyclic) bond motifs is 1. The summed E-state index contributed by atoms with van der Waals surface area (Å²) in [5.41, 5.74) is 2.06. The van der Waals surface area contributed by atoms with Crippen molar-refractivity contribution in [2.75, 3.05) is 7.11 Å². The van der Waals surface area contributed by atoms with Crippen LogP contribution in [0.4, 0.5) is 0 Å². The van der Waals surface area contributed by atoms with Gasteiger partial charge in [-0.05, 0) is 89.3 Å². The number of ether oxygens (including phenoxy) is 1. The maximum absolute atomic E-state index is 13.3. The molecule has 4 rings (SSSR count). The molecule has 0 unspecified atom stereocenters. The standard InChI is InChI=1S/C22H16IN3O2/c1-28-18-9-7-17(8-10-18)26-21(12-6-16-4-2-3-13-24-16)25-20-11-5-15(23)14-19(20)22(26)27/h2-14H,1H3/b12-6+. The smallest absolute Gasteiger partial charge is 0.266 e. The van der Waals surface area contributed by atoms with Crippen molar-refractivity contribution >= 4 is 45.6 Å². The Bertz CT molecular complexity index is 1220. The molecule has 2 aromatic carbocycles. The summed E-state index contributed by atoms with van der Waals surface area (Å²) in [4.78, 5) is 22.3. The zero-order valence-corrected chi connectivity index (χ0v) is 17.2. The fraction of sp³-hybridized carbons (Fsp3) is 0.0455. The Labute approximate surface area is 175 Å². The van der Waals surface area contributed by atoms with Crippen molar-refractivity contribution < 1.29 is 4.74 Å². The molecule has 2 heterocycles. The van der Waals surface area contributed by atoms with Gasteiger partial charge in [0.25, 0.3) is 5.56 Å². The zero-order chi connectivity index (χ0) is 19.5. The van der Waals surface area contributed by atoms with Crippen molar-refractivity contribution in [1.82, 2.24) is 14.5 Å². The van der Waals surface area contributed by atoms with Gasteiger partial charge in [-0.2, -0.15) is 0 Å². The fourth-order valence-electron chi connectivity index (χ4n) is 2.90. The van der Waals surface area contributed by atoms with Crippen molar-refractivity contribution in [1.29, 1.82) is 0 Å². The minimum absolute atomic E-state index is 0.116. The van der Waals surface area contributed by atoms with Crippen LogP contribution in [0.1, 0.15) is 11.5 Å². The van der Waals surface area contributed by atoms with Crippen LogP contribution >= 0.6 is 22.6 Å². The summed E-state index contributed by atoms with van der Waals surface area (Å²) >= 11 is 2.20. The van der Waals surface area contributed by atoms with Crippen LogP contribution in [0.3, 0.4) is 0 Å². The number of halogens is 1. The number of nitrogens with zero attached hydrogens (tertiary/aromatic N) is 3. The summed E-state index contributed by atoms with van der Waals surface area (Å²) in [5.74, 6) is 1.26. The van der Waals surface area contributed by atoms with E-state index in [0.29, 0.717) is 16.7 Å². The monoisotopic (exact) mass is 481 g/mol. The lowest BCUT2D eigenvalue weighted by molar-refractivity contribution is 0.414. The Balaban J connectivity index is 1.94. The molecule has 0 atom stereocenters. The van der Waals surface area contributed by atoms with Crippen LogP contribution in [0.15, 0.2) is 71.7 Å². The lowest BCUT2D eigenvalue weighted by Gasteiger charge is -2.12. The first-order chi connectivity index (χ1) is 13.7. The van der Waals surface area contributed by atoms with E-state index in [0.717, 1.165) is 20.7 Å². The topological polar surface area (TPSA) is 57.0 Å². The molecular weight excluding hydrogens is 465 g/mol. The fourth-order valence-corrected chi connectivity index (χ4v) is 3.39. The SMILES string of the molecule is COc1ccc(-n2c(/C=C/c3ccccn3)nc3ccc(I)cc3c2=O)cc1. The van der Waals surface area contributed by atoms with Crippen LogP contribution in [0.2, 0.25) is 0 Å². The number of aromatic nitrogens is 3. The van der Waals surface area contributed by atoms with Gasteiger partial charge >= 0.3 is 0 Å². The van der Waals surface area contributed by atoms with Crippen LogP contribution in [0, 0.1) is 3.57 Å². The second-order valence-corrected chi connectivity index (χ2v) is 7.30. The quantitative estimate of drug-likeness (QED) is 0.401. The molecule has 2 aromatic heterocycles. The summed E-state index contributed by atoms with van der Waals surface area (Å²) in [6.07, 6.45) is 5.39. The molecular formula is C22H16IN3O2. The normalized spacial score (nSPS) is 11.2. The Morgan fingerprint density at radius 2 is 1.86 bits per heavy atom. The van der Waals surface area contributed by atoms with Gasteiger partial charge in [0.1, 0.15) is 11.6 Å². The molecule has 0 amide bonds. The summed E-state index contributed by atoms with van der Waals surface area (Å²) < 4.78 is 7.83. The average Bonchev–Trinajstić information content (AvgIpc) is 2.74. The average molecular weight is 481 g/mol. The number of rotatable bonds is 4. The van der Waals surface area contributed by atoms with E-state index in [4.69, 9.17) is 9.72 Å². The zero-order valence-electron chi connectivity index (χ0n) is 15.0. The lowest BCUT2D eigenvalue weighted by atomic mass is 10.2. The molecule has 0 saturated heterocycles. The molecule has 0 aliphatic carbocycles. The van der Waals surface area contributed by atoms with Gasteiger partial charge in [0.15, 0.2) is 0 Å². The Hall–Kier alpha value is -3.00. The van der Waals surface area contributed by atoms with Gasteiger partial charge in [-0.3, -0.25) is 14.3 Å². The van der Waals surface area contributed by atoms with Crippen molar-refractivity contribution in [2.24, 2.45) is 0 Å². The number of hydrogen-bond acceptors (Lipinski definition) is 4. The Morgan fingerprint density at radius 1 is 1.04 bits per heavy atom. The second kappa shape index (κ2) is 7.93. The van der Waals surface area contributed by atoms with E-state index in [1.54, 1.807) is 17.9 Å². The highest BCUT2D eigenvalue weighted by Crippen LogP contribution is 2.19. The molecule has 28 heavy (non-hydrogen) atoms. The number of methoxy groups -OCH3 is 1.